The van der Waals surface area contributed by atoms with Gasteiger partial charge in [0.1, 0.15) is 27.4 Å². The van der Waals surface area contributed by atoms with Gasteiger partial charge in [0.25, 0.3) is 0 Å². The molecule has 0 aliphatic carbocycles. The third kappa shape index (κ3) is 4.46. The van der Waals surface area contributed by atoms with Crippen LogP contribution in [0.4, 0.5) is 14.5 Å². The minimum absolute atomic E-state index is 0.263. The molecule has 0 spiro atoms. The van der Waals surface area contributed by atoms with Crippen LogP contribution in [0.5, 0.6) is 0 Å². The Morgan fingerprint density at radius 1 is 1.00 bits per heavy atom. The number of aldehydes is 1. The van der Waals surface area contributed by atoms with Crippen LogP contribution in [0.3, 0.4) is 0 Å². The van der Waals surface area contributed by atoms with Crippen LogP contribution in [0.25, 0.3) is 11.3 Å². The Kier molecular flexibility index (Phi) is 6.60. The van der Waals surface area contributed by atoms with E-state index >= 15 is 0 Å². The molecule has 1 aromatic heterocycles. The molecule has 3 aromatic rings. The van der Waals surface area contributed by atoms with Gasteiger partial charge in [0.2, 0.25) is 0 Å². The van der Waals surface area contributed by atoms with Crippen LogP contribution in [0.2, 0.25) is 5.02 Å². The van der Waals surface area contributed by atoms with Crippen molar-refractivity contribution < 1.29 is 13.6 Å². The first kappa shape index (κ1) is 21.8. The standard InChI is InChI=1S/C22H21ClF2N4OS/c1-31-22-20(23)21(15-2-4-16(24)5-3-15)26-29(22)19(14-30)28-12-10-27(11-13-28)18-8-6-17(25)7-9-18/h2-9,14,19H,10-13H2,1H3. The van der Waals surface area contributed by atoms with E-state index in [4.69, 9.17) is 11.6 Å². The molecule has 31 heavy (non-hydrogen) atoms. The van der Waals surface area contributed by atoms with Crippen molar-refractivity contribution in [3.63, 3.8) is 0 Å². The number of aromatic nitrogens is 2. The van der Waals surface area contributed by atoms with Crippen LogP contribution in [0, 0.1) is 11.6 Å². The number of piperazine rings is 1. The summed E-state index contributed by atoms with van der Waals surface area (Å²) in [7, 11) is 0. The number of carbonyl (C=O) groups is 1. The smallest absolute Gasteiger partial charge is 0.161 e. The molecule has 1 aliphatic heterocycles. The molecule has 2 heterocycles. The summed E-state index contributed by atoms with van der Waals surface area (Å²) in [6.45, 7) is 2.67. The zero-order valence-electron chi connectivity index (χ0n) is 16.8. The van der Waals surface area contributed by atoms with Gasteiger partial charge in [0.15, 0.2) is 12.5 Å². The fourth-order valence-corrected chi connectivity index (χ4v) is 4.83. The highest BCUT2D eigenvalue weighted by Crippen LogP contribution is 2.37. The Balaban J connectivity index is 1.56. The van der Waals surface area contributed by atoms with Gasteiger partial charge in [-0.2, -0.15) is 5.10 Å². The van der Waals surface area contributed by atoms with Gasteiger partial charge in [0.05, 0.1) is 0 Å². The number of carbonyl (C=O) groups excluding carboxylic acids is 1. The average Bonchev–Trinajstić information content (AvgIpc) is 3.12. The molecular formula is C22H21ClF2N4OS. The van der Waals surface area contributed by atoms with Crippen LogP contribution in [-0.2, 0) is 4.79 Å². The molecule has 162 valence electrons. The number of nitrogens with zero attached hydrogens (tertiary/aromatic N) is 4. The molecule has 0 N–H and O–H groups in total. The summed E-state index contributed by atoms with van der Waals surface area (Å²) >= 11 is 8.00. The maximum Gasteiger partial charge on any atom is 0.161 e. The molecule has 1 fully saturated rings. The lowest BCUT2D eigenvalue weighted by molar-refractivity contribution is -0.116. The van der Waals surface area contributed by atoms with Crippen LogP contribution in [0.15, 0.2) is 53.6 Å². The predicted molar refractivity (Wildman–Crippen MR) is 120 cm³/mol. The zero-order valence-corrected chi connectivity index (χ0v) is 18.4. The minimum Gasteiger partial charge on any atom is -0.369 e. The second-order valence-electron chi connectivity index (χ2n) is 7.17. The highest BCUT2D eigenvalue weighted by atomic mass is 35.5. The van der Waals surface area contributed by atoms with Crippen LogP contribution in [-0.4, -0.2) is 53.4 Å². The molecule has 2 aromatic carbocycles. The van der Waals surface area contributed by atoms with Crippen molar-refractivity contribution >= 4 is 35.3 Å². The van der Waals surface area contributed by atoms with E-state index in [9.17, 15) is 13.6 Å². The van der Waals surface area contributed by atoms with Crippen molar-refractivity contribution in [1.29, 1.82) is 0 Å². The van der Waals surface area contributed by atoms with Crippen molar-refractivity contribution in [2.45, 2.75) is 11.2 Å². The van der Waals surface area contributed by atoms with Gasteiger partial charge in [-0.25, -0.2) is 13.5 Å². The molecule has 4 rings (SSSR count). The third-order valence-electron chi connectivity index (χ3n) is 5.37. The molecule has 1 unspecified atom stereocenters. The summed E-state index contributed by atoms with van der Waals surface area (Å²) in [6, 6.07) is 12.4. The van der Waals surface area contributed by atoms with Gasteiger partial charge in [-0.05, 0) is 54.8 Å². The van der Waals surface area contributed by atoms with E-state index in [1.807, 2.05) is 11.2 Å². The monoisotopic (exact) mass is 462 g/mol. The van der Waals surface area contributed by atoms with Crippen molar-refractivity contribution in [3.8, 4) is 11.3 Å². The summed E-state index contributed by atoms with van der Waals surface area (Å²) in [5.74, 6) is -0.602. The van der Waals surface area contributed by atoms with Crippen LogP contribution in [0.1, 0.15) is 6.17 Å². The first-order valence-corrected chi connectivity index (χ1v) is 11.4. The van der Waals surface area contributed by atoms with Gasteiger partial charge in [-0.1, -0.05) is 11.6 Å². The van der Waals surface area contributed by atoms with E-state index < -0.39 is 6.17 Å². The molecular weight excluding hydrogens is 442 g/mol. The number of benzene rings is 2. The predicted octanol–water partition coefficient (Wildman–Crippen LogP) is 4.72. The Labute approximate surface area is 188 Å². The number of rotatable bonds is 6. The van der Waals surface area contributed by atoms with Crippen LogP contribution >= 0.6 is 23.4 Å². The van der Waals surface area contributed by atoms with Crippen molar-refractivity contribution in [3.05, 3.63) is 65.2 Å². The van der Waals surface area contributed by atoms with E-state index in [1.165, 1.54) is 36.0 Å². The van der Waals surface area contributed by atoms with Crippen molar-refractivity contribution in [2.24, 2.45) is 0 Å². The fraction of sp³-hybridized carbons (Fsp3) is 0.273. The third-order valence-corrected chi connectivity index (χ3v) is 6.62. The van der Waals surface area contributed by atoms with E-state index in [0.29, 0.717) is 47.5 Å². The minimum atomic E-state index is -0.607. The number of thioether (sulfide) groups is 1. The molecule has 1 atom stereocenters. The first-order valence-electron chi connectivity index (χ1n) is 9.79. The summed E-state index contributed by atoms with van der Waals surface area (Å²) in [5.41, 5.74) is 2.16. The topological polar surface area (TPSA) is 41.4 Å². The van der Waals surface area contributed by atoms with Gasteiger partial charge in [0, 0.05) is 37.4 Å². The Hall–Kier alpha value is -2.42. The molecule has 0 bridgehead atoms. The number of halogens is 3. The molecule has 1 aliphatic rings. The largest absolute Gasteiger partial charge is 0.369 e. The van der Waals surface area contributed by atoms with E-state index in [1.54, 1.807) is 28.9 Å². The number of hydrogen-bond acceptors (Lipinski definition) is 5. The lowest BCUT2D eigenvalue weighted by Crippen LogP contribution is -2.49. The maximum absolute atomic E-state index is 13.3. The summed E-state index contributed by atoms with van der Waals surface area (Å²) in [4.78, 5) is 16.3. The SMILES string of the molecule is CSc1c(Cl)c(-c2ccc(F)cc2)nn1C(C=O)N1CCN(c2ccc(F)cc2)CC1. The zero-order chi connectivity index (χ0) is 22.0. The Morgan fingerprint density at radius 3 is 2.13 bits per heavy atom. The Morgan fingerprint density at radius 2 is 1.58 bits per heavy atom. The van der Waals surface area contributed by atoms with Gasteiger partial charge in [-0.3, -0.25) is 9.69 Å². The lowest BCUT2D eigenvalue weighted by Gasteiger charge is -2.38. The summed E-state index contributed by atoms with van der Waals surface area (Å²) in [6.07, 6.45) is 2.14. The summed E-state index contributed by atoms with van der Waals surface area (Å²) < 4.78 is 28.2. The normalized spacial score (nSPS) is 15.8. The molecule has 0 saturated carbocycles. The van der Waals surface area contributed by atoms with E-state index in [0.717, 1.165) is 12.0 Å². The van der Waals surface area contributed by atoms with Gasteiger partial charge < -0.3 is 4.90 Å². The fourth-order valence-electron chi connectivity index (χ4n) is 3.75. The summed E-state index contributed by atoms with van der Waals surface area (Å²) in [5, 5.41) is 5.75. The number of anilines is 1. The number of hydrogen-bond donors (Lipinski definition) is 0. The lowest BCUT2D eigenvalue weighted by atomic mass is 10.1. The quantitative estimate of drug-likeness (QED) is 0.391. The van der Waals surface area contributed by atoms with Gasteiger partial charge >= 0.3 is 0 Å². The molecule has 9 heteroatoms. The first-order chi connectivity index (χ1) is 15.0. The average molecular weight is 463 g/mol. The second-order valence-corrected chi connectivity index (χ2v) is 8.35. The second kappa shape index (κ2) is 9.38. The van der Waals surface area contributed by atoms with Crippen LogP contribution < -0.4 is 4.90 Å². The maximum atomic E-state index is 13.3. The highest BCUT2D eigenvalue weighted by Gasteiger charge is 2.29. The molecule has 1 saturated heterocycles. The van der Waals surface area contributed by atoms with E-state index in [2.05, 4.69) is 10.00 Å². The van der Waals surface area contributed by atoms with E-state index in [-0.39, 0.29) is 11.6 Å². The molecule has 0 radical (unpaired) electrons. The van der Waals surface area contributed by atoms with Crippen molar-refractivity contribution in [2.75, 3.05) is 37.3 Å². The van der Waals surface area contributed by atoms with Gasteiger partial charge in [-0.15, -0.1) is 11.8 Å². The molecule has 5 nitrogen and oxygen atoms in total. The highest BCUT2D eigenvalue weighted by molar-refractivity contribution is 7.98. The van der Waals surface area contributed by atoms with Crippen molar-refractivity contribution in [1.82, 2.24) is 14.7 Å². The molecule has 0 amide bonds. The Bertz CT molecular complexity index is 1050.